The van der Waals surface area contributed by atoms with Gasteiger partial charge in [0.1, 0.15) is 0 Å². The van der Waals surface area contributed by atoms with E-state index in [2.05, 4.69) is 9.71 Å². The van der Waals surface area contributed by atoms with Gasteiger partial charge in [-0.3, -0.25) is 4.98 Å². The zero-order valence-corrected chi connectivity index (χ0v) is 13.8. The van der Waals surface area contributed by atoms with Crippen LogP contribution in [0.25, 0.3) is 0 Å². The maximum atomic E-state index is 12.3. The van der Waals surface area contributed by atoms with Crippen LogP contribution in [0.5, 0.6) is 0 Å². The van der Waals surface area contributed by atoms with Crippen molar-refractivity contribution in [3.63, 3.8) is 0 Å². The van der Waals surface area contributed by atoms with Gasteiger partial charge in [0.05, 0.1) is 34.1 Å². The summed E-state index contributed by atoms with van der Waals surface area (Å²) in [6.45, 7) is 7.03. The molecule has 1 heterocycles. The van der Waals surface area contributed by atoms with Crippen LogP contribution in [0.15, 0.2) is 18.3 Å². The molecule has 2 rings (SSSR count). The number of nitrogens with zero attached hydrogens (tertiary/aromatic N) is 1. The van der Waals surface area contributed by atoms with Crippen LogP contribution < -0.4 is 10.5 Å². The van der Waals surface area contributed by atoms with Crippen molar-refractivity contribution in [3.05, 3.63) is 24.0 Å². The summed E-state index contributed by atoms with van der Waals surface area (Å²) in [7, 11) is -1.18. The highest BCUT2D eigenvalue weighted by molar-refractivity contribution is 7.84. The van der Waals surface area contributed by atoms with E-state index in [1.807, 2.05) is 20.8 Å². The van der Waals surface area contributed by atoms with E-state index in [1.54, 1.807) is 18.3 Å². The molecule has 0 amide bonds. The molecule has 0 aliphatic heterocycles. The van der Waals surface area contributed by atoms with Crippen molar-refractivity contribution in [1.29, 1.82) is 0 Å². The average Bonchev–Trinajstić information content (AvgIpc) is 3.20. The predicted molar refractivity (Wildman–Crippen MR) is 86.0 cm³/mol. The molecule has 1 saturated carbocycles. The number of rotatable bonds is 7. The maximum absolute atomic E-state index is 12.3. The van der Waals surface area contributed by atoms with Crippen LogP contribution in [0.1, 0.15) is 45.3 Å². The summed E-state index contributed by atoms with van der Waals surface area (Å²) in [5.41, 5.74) is 7.23. The number of nitrogens with one attached hydrogen (secondary N) is 1. The second kappa shape index (κ2) is 6.85. The van der Waals surface area contributed by atoms with Crippen molar-refractivity contribution >= 4 is 16.7 Å². The maximum Gasteiger partial charge on any atom is 0.0977 e. The van der Waals surface area contributed by atoms with E-state index in [0.717, 1.165) is 12.3 Å². The number of ether oxygens (including phenoxy) is 1. The molecule has 6 heteroatoms. The monoisotopic (exact) mass is 311 g/mol. The second-order valence-corrected chi connectivity index (χ2v) is 8.54. The Morgan fingerprint density at radius 1 is 1.52 bits per heavy atom. The first kappa shape index (κ1) is 16.4. The quantitative estimate of drug-likeness (QED) is 0.809. The molecule has 2 atom stereocenters. The van der Waals surface area contributed by atoms with Crippen molar-refractivity contribution in [1.82, 2.24) is 9.71 Å². The lowest BCUT2D eigenvalue weighted by Crippen LogP contribution is -2.37. The topological polar surface area (TPSA) is 77.2 Å². The molecule has 3 N–H and O–H groups in total. The van der Waals surface area contributed by atoms with Gasteiger partial charge in [0.25, 0.3) is 0 Å². The lowest BCUT2D eigenvalue weighted by Gasteiger charge is -2.24. The van der Waals surface area contributed by atoms with Crippen LogP contribution in [0.4, 0.5) is 5.69 Å². The zero-order valence-electron chi connectivity index (χ0n) is 13.0. The molecule has 0 aromatic carbocycles. The fraction of sp³-hybridized carbons (Fsp3) is 0.667. The molecule has 1 fully saturated rings. The summed E-state index contributed by atoms with van der Waals surface area (Å²) >= 11 is 0. The van der Waals surface area contributed by atoms with Gasteiger partial charge in [0.2, 0.25) is 0 Å². The average molecular weight is 311 g/mol. The number of nitrogens with two attached hydrogens (primary N) is 1. The molecule has 21 heavy (non-hydrogen) atoms. The Hall–Kier alpha value is -0.980. The Morgan fingerprint density at radius 2 is 2.24 bits per heavy atom. The first-order valence-electron chi connectivity index (χ1n) is 7.33. The Bertz CT molecular complexity index is 498. The van der Waals surface area contributed by atoms with Gasteiger partial charge in [-0.25, -0.2) is 8.93 Å². The van der Waals surface area contributed by atoms with Crippen LogP contribution in [-0.2, 0) is 15.7 Å². The van der Waals surface area contributed by atoms with Gasteiger partial charge in [0, 0.05) is 18.5 Å². The molecule has 0 saturated heterocycles. The van der Waals surface area contributed by atoms with E-state index in [4.69, 9.17) is 10.5 Å². The number of anilines is 1. The fourth-order valence-electron chi connectivity index (χ4n) is 1.78. The number of pyridine rings is 1. The molecule has 1 aromatic rings. The summed E-state index contributed by atoms with van der Waals surface area (Å²) in [6.07, 6.45) is 4.17. The lowest BCUT2D eigenvalue weighted by atomic mass is 10.2. The van der Waals surface area contributed by atoms with E-state index in [0.29, 0.717) is 18.2 Å². The van der Waals surface area contributed by atoms with E-state index in [-0.39, 0.29) is 10.8 Å². The van der Waals surface area contributed by atoms with Crippen molar-refractivity contribution in [2.45, 2.75) is 44.4 Å². The van der Waals surface area contributed by atoms with Gasteiger partial charge in [-0.2, -0.15) is 0 Å². The third kappa shape index (κ3) is 5.37. The van der Waals surface area contributed by atoms with Gasteiger partial charge < -0.3 is 10.5 Å². The van der Waals surface area contributed by atoms with Gasteiger partial charge in [-0.1, -0.05) is 0 Å². The normalized spacial score (nSPS) is 18.4. The minimum absolute atomic E-state index is 0.215. The molecule has 0 bridgehead atoms. The minimum Gasteiger partial charge on any atom is -0.399 e. The van der Waals surface area contributed by atoms with E-state index in [1.165, 1.54) is 12.8 Å². The Morgan fingerprint density at radius 3 is 2.81 bits per heavy atom. The van der Waals surface area contributed by atoms with Gasteiger partial charge in [-0.05, 0) is 51.7 Å². The SMILES string of the molecule is CC(C)(C)S(=O)NC(COCC1CC1)c1cc(N)ccn1. The van der Waals surface area contributed by atoms with Crippen molar-refractivity contribution in [2.75, 3.05) is 18.9 Å². The van der Waals surface area contributed by atoms with E-state index < -0.39 is 11.0 Å². The highest BCUT2D eigenvalue weighted by Gasteiger charge is 2.26. The number of nitrogen functional groups attached to an aromatic ring is 1. The Labute approximate surface area is 129 Å². The highest BCUT2D eigenvalue weighted by atomic mass is 32.2. The molecule has 0 radical (unpaired) electrons. The third-order valence-electron chi connectivity index (χ3n) is 3.30. The van der Waals surface area contributed by atoms with Crippen LogP contribution >= 0.6 is 0 Å². The molecule has 1 aromatic heterocycles. The Balaban J connectivity index is 2.03. The molecule has 118 valence electrons. The van der Waals surface area contributed by atoms with Crippen LogP contribution in [0.3, 0.4) is 0 Å². The summed E-state index contributed by atoms with van der Waals surface area (Å²) in [4.78, 5) is 4.33. The minimum atomic E-state index is -1.18. The van der Waals surface area contributed by atoms with Crippen molar-refractivity contribution < 1.29 is 8.95 Å². The first-order chi connectivity index (χ1) is 9.86. The summed E-state index contributed by atoms with van der Waals surface area (Å²) < 4.78 is 20.9. The summed E-state index contributed by atoms with van der Waals surface area (Å²) in [5, 5.41) is 0. The van der Waals surface area contributed by atoms with Gasteiger partial charge >= 0.3 is 0 Å². The molecule has 1 aliphatic rings. The Kier molecular flexibility index (Phi) is 5.35. The standard InChI is InChI=1S/C15H25N3O2S/c1-15(2,3)21(19)18-14(10-20-9-11-4-5-11)13-8-12(16)6-7-17-13/h6-8,11,14,18H,4-5,9-10H2,1-3H3,(H2,16,17). The molecule has 0 spiro atoms. The molecular weight excluding hydrogens is 286 g/mol. The highest BCUT2D eigenvalue weighted by Crippen LogP contribution is 2.29. The van der Waals surface area contributed by atoms with E-state index in [9.17, 15) is 4.21 Å². The summed E-state index contributed by atoms with van der Waals surface area (Å²) in [5.74, 6) is 0.701. The summed E-state index contributed by atoms with van der Waals surface area (Å²) in [6, 6.07) is 3.33. The van der Waals surface area contributed by atoms with Crippen molar-refractivity contribution in [3.8, 4) is 0 Å². The van der Waals surface area contributed by atoms with E-state index >= 15 is 0 Å². The zero-order chi connectivity index (χ0) is 15.5. The van der Waals surface area contributed by atoms with Crippen LogP contribution in [0.2, 0.25) is 0 Å². The fourth-order valence-corrected chi connectivity index (χ4v) is 2.58. The lowest BCUT2D eigenvalue weighted by molar-refractivity contribution is 0.107. The van der Waals surface area contributed by atoms with Crippen LogP contribution in [0, 0.1) is 5.92 Å². The smallest absolute Gasteiger partial charge is 0.0977 e. The number of hydrogen-bond acceptors (Lipinski definition) is 4. The molecular formula is C15H25N3O2S. The second-order valence-electron chi connectivity index (χ2n) is 6.55. The molecule has 5 nitrogen and oxygen atoms in total. The van der Waals surface area contributed by atoms with Gasteiger partial charge in [-0.15, -0.1) is 0 Å². The molecule has 2 unspecified atom stereocenters. The van der Waals surface area contributed by atoms with Crippen molar-refractivity contribution in [2.24, 2.45) is 5.92 Å². The number of hydrogen-bond donors (Lipinski definition) is 2. The third-order valence-corrected chi connectivity index (χ3v) is 4.91. The molecule has 1 aliphatic carbocycles. The van der Waals surface area contributed by atoms with Gasteiger partial charge in [0.15, 0.2) is 0 Å². The number of aromatic nitrogens is 1. The predicted octanol–water partition coefficient (Wildman–Crippen LogP) is 2.18. The first-order valence-corrected chi connectivity index (χ1v) is 8.48. The largest absolute Gasteiger partial charge is 0.399 e. The van der Waals surface area contributed by atoms with Crippen LogP contribution in [-0.4, -0.2) is 27.2 Å².